The van der Waals surface area contributed by atoms with Crippen molar-refractivity contribution in [3.63, 3.8) is 0 Å². The van der Waals surface area contributed by atoms with E-state index in [1.165, 1.54) is 25.3 Å². The number of hydrogen-bond donors (Lipinski definition) is 1. The first kappa shape index (κ1) is 18.5. The lowest BCUT2D eigenvalue weighted by Crippen LogP contribution is -2.37. The van der Waals surface area contributed by atoms with Gasteiger partial charge in [0.05, 0.1) is 12.8 Å². The lowest BCUT2D eigenvalue weighted by Gasteiger charge is -2.28. The Labute approximate surface area is 144 Å². The number of piperidine rings is 1. The summed E-state index contributed by atoms with van der Waals surface area (Å²) >= 11 is 0. The van der Waals surface area contributed by atoms with Crippen LogP contribution in [0, 0.1) is 0 Å². The molecule has 0 spiro atoms. The maximum absolute atomic E-state index is 12.1. The zero-order valence-electron chi connectivity index (χ0n) is 14.1. The fraction of sp³-hybridized carbons (Fsp3) is 0.471. The van der Waals surface area contributed by atoms with Gasteiger partial charge in [-0.3, -0.25) is 4.79 Å². The summed E-state index contributed by atoms with van der Waals surface area (Å²) in [6.07, 6.45) is 6.25. The van der Waals surface area contributed by atoms with Crippen LogP contribution >= 0.6 is 0 Å². The Balaban J connectivity index is 1.94. The van der Waals surface area contributed by atoms with Crippen LogP contribution in [0.3, 0.4) is 0 Å². The Hall–Kier alpha value is -1.86. The minimum atomic E-state index is -3.44. The van der Waals surface area contributed by atoms with Gasteiger partial charge < -0.3 is 10.2 Å². The number of benzene rings is 1. The van der Waals surface area contributed by atoms with Crippen molar-refractivity contribution in [1.82, 2.24) is 4.31 Å². The van der Waals surface area contributed by atoms with Gasteiger partial charge in [0.25, 0.3) is 0 Å². The highest BCUT2D eigenvalue weighted by molar-refractivity contribution is 7.88. The average molecular weight is 351 g/mol. The zero-order valence-corrected chi connectivity index (χ0v) is 14.9. The summed E-state index contributed by atoms with van der Waals surface area (Å²) in [6, 6.07) is 7.66. The van der Waals surface area contributed by atoms with Crippen LogP contribution in [0.5, 0.6) is 0 Å². The van der Waals surface area contributed by atoms with Gasteiger partial charge in [0, 0.05) is 31.0 Å². The average Bonchev–Trinajstić information content (AvgIpc) is 2.55. The molecule has 1 aromatic rings. The minimum Gasteiger partial charge on any atom is -0.372 e. The molecule has 1 heterocycles. The van der Waals surface area contributed by atoms with Crippen LogP contribution in [0.15, 0.2) is 36.9 Å². The molecule has 0 aliphatic carbocycles. The topological polar surface area (TPSA) is 69.7 Å². The molecule has 1 aliphatic heterocycles. The maximum atomic E-state index is 12.1. The van der Waals surface area contributed by atoms with Crippen LogP contribution in [-0.4, -0.2) is 51.1 Å². The van der Waals surface area contributed by atoms with E-state index in [-0.39, 0.29) is 19.0 Å². The van der Waals surface area contributed by atoms with E-state index in [0.29, 0.717) is 5.69 Å². The number of amides is 1. The standard InChI is InChI=1S/C17H25N3O3S/c1-3-11-20(24(2,22)23)14-17(21)18-15-7-9-16(10-8-15)19-12-5-4-6-13-19/h3,7-10H,1,4-6,11-14H2,2H3,(H,18,21). The molecule has 1 aliphatic rings. The highest BCUT2D eigenvalue weighted by atomic mass is 32.2. The number of anilines is 2. The van der Waals surface area contributed by atoms with Crippen molar-refractivity contribution in [2.75, 3.05) is 42.7 Å². The molecule has 7 heteroatoms. The second kappa shape index (κ2) is 8.30. The van der Waals surface area contributed by atoms with Crippen molar-refractivity contribution in [1.29, 1.82) is 0 Å². The number of hydrogen-bond acceptors (Lipinski definition) is 4. The molecule has 0 aromatic heterocycles. The van der Waals surface area contributed by atoms with Gasteiger partial charge in [-0.1, -0.05) is 6.08 Å². The summed E-state index contributed by atoms with van der Waals surface area (Å²) in [5, 5.41) is 2.74. The van der Waals surface area contributed by atoms with Gasteiger partial charge >= 0.3 is 0 Å². The second-order valence-electron chi connectivity index (χ2n) is 5.99. The summed E-state index contributed by atoms with van der Waals surface area (Å²) in [7, 11) is -3.44. The largest absolute Gasteiger partial charge is 0.372 e. The molecule has 6 nitrogen and oxygen atoms in total. The first-order valence-corrected chi connectivity index (χ1v) is 9.96. The van der Waals surface area contributed by atoms with Crippen molar-refractivity contribution in [2.45, 2.75) is 19.3 Å². The van der Waals surface area contributed by atoms with Crippen molar-refractivity contribution >= 4 is 27.3 Å². The van der Waals surface area contributed by atoms with E-state index in [0.717, 1.165) is 29.3 Å². The smallest absolute Gasteiger partial charge is 0.239 e. The predicted octanol–water partition coefficient (Wildman–Crippen LogP) is 2.06. The normalized spacial score (nSPS) is 15.3. The third-order valence-electron chi connectivity index (χ3n) is 3.99. The van der Waals surface area contributed by atoms with Crippen molar-refractivity contribution in [2.24, 2.45) is 0 Å². The zero-order chi connectivity index (χ0) is 17.6. The summed E-state index contributed by atoms with van der Waals surface area (Å²) in [5.74, 6) is -0.368. The molecule has 0 bridgehead atoms. The van der Waals surface area contributed by atoms with Crippen LogP contribution in [0.4, 0.5) is 11.4 Å². The van der Waals surface area contributed by atoms with Crippen LogP contribution < -0.4 is 10.2 Å². The molecule has 0 unspecified atom stereocenters. The third-order valence-corrected chi connectivity index (χ3v) is 5.21. The predicted molar refractivity (Wildman–Crippen MR) is 97.7 cm³/mol. The van der Waals surface area contributed by atoms with Gasteiger partial charge in [0.2, 0.25) is 15.9 Å². The second-order valence-corrected chi connectivity index (χ2v) is 7.97. The molecular formula is C17H25N3O3S. The number of sulfonamides is 1. The van der Waals surface area contributed by atoms with E-state index in [1.54, 1.807) is 0 Å². The quantitative estimate of drug-likeness (QED) is 0.764. The molecule has 1 saturated heterocycles. The van der Waals surface area contributed by atoms with Crippen molar-refractivity contribution in [3.05, 3.63) is 36.9 Å². The molecule has 0 radical (unpaired) electrons. The van der Waals surface area contributed by atoms with E-state index in [1.807, 2.05) is 24.3 Å². The molecule has 0 saturated carbocycles. The summed E-state index contributed by atoms with van der Waals surface area (Å²) in [5.41, 5.74) is 1.81. The lowest BCUT2D eigenvalue weighted by atomic mass is 10.1. The van der Waals surface area contributed by atoms with Crippen LogP contribution in [0.1, 0.15) is 19.3 Å². The summed E-state index contributed by atoms with van der Waals surface area (Å²) < 4.78 is 24.3. The molecule has 1 fully saturated rings. The fourth-order valence-corrected chi connectivity index (χ4v) is 3.46. The van der Waals surface area contributed by atoms with Gasteiger partial charge in [-0.2, -0.15) is 4.31 Å². The van der Waals surface area contributed by atoms with E-state index in [4.69, 9.17) is 0 Å². The van der Waals surface area contributed by atoms with E-state index in [9.17, 15) is 13.2 Å². The Morgan fingerprint density at radius 3 is 2.42 bits per heavy atom. The Morgan fingerprint density at radius 1 is 1.25 bits per heavy atom. The number of nitrogens with zero attached hydrogens (tertiary/aromatic N) is 2. The third kappa shape index (κ3) is 5.35. The fourth-order valence-electron chi connectivity index (χ4n) is 2.73. The van der Waals surface area contributed by atoms with Gasteiger partial charge in [0.1, 0.15) is 0 Å². The van der Waals surface area contributed by atoms with Gasteiger partial charge in [0.15, 0.2) is 0 Å². The first-order chi connectivity index (χ1) is 11.4. The highest BCUT2D eigenvalue weighted by Gasteiger charge is 2.19. The Bertz CT molecular complexity index is 665. The molecule has 2 rings (SSSR count). The van der Waals surface area contributed by atoms with E-state index >= 15 is 0 Å². The van der Waals surface area contributed by atoms with E-state index < -0.39 is 10.0 Å². The molecule has 0 atom stereocenters. The number of carbonyl (C=O) groups is 1. The molecule has 1 amide bonds. The SMILES string of the molecule is C=CCN(CC(=O)Nc1ccc(N2CCCCC2)cc1)S(C)(=O)=O. The molecular weight excluding hydrogens is 326 g/mol. The van der Waals surface area contributed by atoms with Gasteiger partial charge in [-0.15, -0.1) is 6.58 Å². The highest BCUT2D eigenvalue weighted by Crippen LogP contribution is 2.21. The van der Waals surface area contributed by atoms with Crippen molar-refractivity contribution < 1.29 is 13.2 Å². The Morgan fingerprint density at radius 2 is 1.88 bits per heavy atom. The Kier molecular flexibility index (Phi) is 6.39. The summed E-state index contributed by atoms with van der Waals surface area (Å²) in [6.45, 7) is 5.54. The number of rotatable bonds is 7. The molecule has 1 N–H and O–H groups in total. The minimum absolute atomic E-state index is 0.111. The van der Waals surface area contributed by atoms with Crippen molar-refractivity contribution in [3.8, 4) is 0 Å². The lowest BCUT2D eigenvalue weighted by molar-refractivity contribution is -0.116. The molecule has 132 valence electrons. The maximum Gasteiger partial charge on any atom is 0.239 e. The van der Waals surface area contributed by atoms with Gasteiger partial charge in [-0.05, 0) is 43.5 Å². The van der Waals surface area contributed by atoms with Gasteiger partial charge in [-0.25, -0.2) is 8.42 Å². The number of nitrogens with one attached hydrogen (secondary N) is 1. The molecule has 24 heavy (non-hydrogen) atoms. The first-order valence-electron chi connectivity index (χ1n) is 8.11. The van der Waals surface area contributed by atoms with Crippen LogP contribution in [0.2, 0.25) is 0 Å². The van der Waals surface area contributed by atoms with E-state index in [2.05, 4.69) is 16.8 Å². The monoisotopic (exact) mass is 351 g/mol. The molecule has 1 aromatic carbocycles. The van der Waals surface area contributed by atoms with Crippen LogP contribution in [-0.2, 0) is 14.8 Å². The van der Waals surface area contributed by atoms with Crippen LogP contribution in [0.25, 0.3) is 0 Å². The number of carbonyl (C=O) groups excluding carboxylic acids is 1. The summed E-state index contributed by atoms with van der Waals surface area (Å²) in [4.78, 5) is 14.4.